The van der Waals surface area contributed by atoms with Crippen molar-refractivity contribution in [2.45, 2.75) is 0 Å². The molecule has 4 heteroatoms. The van der Waals surface area contributed by atoms with Gasteiger partial charge >= 0.3 is 0 Å². The summed E-state index contributed by atoms with van der Waals surface area (Å²) in [5.41, 5.74) is 5.85. The van der Waals surface area contributed by atoms with E-state index in [2.05, 4.69) is 46.2 Å². The molecule has 0 aliphatic rings. The van der Waals surface area contributed by atoms with E-state index >= 15 is 0 Å². The molecule has 0 bridgehead atoms. The fourth-order valence-corrected chi connectivity index (χ4v) is 3.23. The largest absolute Gasteiger partial charge is 0.322 e. The van der Waals surface area contributed by atoms with Crippen molar-refractivity contribution in [1.82, 2.24) is 18.9 Å². The minimum atomic E-state index is 0.854. The zero-order chi connectivity index (χ0) is 18.2. The number of pyridine rings is 2. The van der Waals surface area contributed by atoms with E-state index in [1.54, 1.807) is 6.20 Å². The summed E-state index contributed by atoms with van der Waals surface area (Å²) in [6.45, 7) is 0. The van der Waals surface area contributed by atoms with Gasteiger partial charge in [-0.15, -0.1) is 0 Å². The van der Waals surface area contributed by atoms with E-state index in [0.717, 1.165) is 39.2 Å². The topological polar surface area (TPSA) is 35.1 Å². The Hall–Kier alpha value is -3.84. The van der Waals surface area contributed by atoms with Gasteiger partial charge in [0.2, 0.25) is 0 Å². The summed E-state index contributed by atoms with van der Waals surface area (Å²) in [4.78, 5) is 8.88. The Morgan fingerprint density at radius 1 is 0.926 bits per heavy atom. The molecule has 1 radical (unpaired) electrons. The van der Waals surface area contributed by atoms with Gasteiger partial charge in [0.1, 0.15) is 17.0 Å². The Morgan fingerprint density at radius 3 is 2.63 bits per heavy atom. The lowest BCUT2D eigenvalue weighted by Crippen LogP contribution is -1.93. The molecular formula is C23H15N4. The normalized spacial score (nSPS) is 10.9. The highest BCUT2D eigenvalue weighted by Crippen LogP contribution is 2.20. The Morgan fingerprint density at radius 2 is 1.78 bits per heavy atom. The second-order valence-electron chi connectivity index (χ2n) is 6.33. The number of aryl methyl sites for hydroxylation is 1. The van der Waals surface area contributed by atoms with Gasteiger partial charge in [-0.2, -0.15) is 0 Å². The zero-order valence-corrected chi connectivity index (χ0v) is 14.7. The third-order valence-electron chi connectivity index (χ3n) is 4.66. The summed E-state index contributed by atoms with van der Waals surface area (Å²) in [6, 6.07) is 21.1. The Bertz CT molecular complexity index is 1330. The van der Waals surface area contributed by atoms with Gasteiger partial charge in [-0.3, -0.25) is 4.40 Å². The third kappa shape index (κ3) is 2.66. The van der Waals surface area contributed by atoms with Gasteiger partial charge in [-0.1, -0.05) is 24.3 Å². The summed E-state index contributed by atoms with van der Waals surface area (Å²) in [7, 11) is 1.98. The van der Waals surface area contributed by atoms with E-state index in [1.165, 1.54) is 0 Å². The van der Waals surface area contributed by atoms with Crippen LogP contribution in [-0.2, 0) is 7.05 Å². The second-order valence-corrected chi connectivity index (χ2v) is 6.33. The van der Waals surface area contributed by atoms with Crippen LogP contribution in [0.3, 0.4) is 0 Å². The van der Waals surface area contributed by atoms with Crippen molar-refractivity contribution in [1.29, 1.82) is 0 Å². The molecule has 5 aromatic rings. The molecule has 27 heavy (non-hydrogen) atoms. The molecule has 0 saturated carbocycles. The van der Waals surface area contributed by atoms with E-state index in [9.17, 15) is 0 Å². The van der Waals surface area contributed by atoms with E-state index in [0.29, 0.717) is 0 Å². The maximum Gasteiger partial charge on any atom is 0.140 e. The van der Waals surface area contributed by atoms with Crippen molar-refractivity contribution in [3.05, 3.63) is 90.6 Å². The monoisotopic (exact) mass is 347 g/mol. The summed E-state index contributed by atoms with van der Waals surface area (Å²) in [5.74, 6) is 6.52. The fraction of sp³-hybridized carbons (Fsp3) is 0.0435. The first-order valence-corrected chi connectivity index (χ1v) is 8.66. The average molecular weight is 347 g/mol. The Labute approximate surface area is 156 Å². The molecule has 1 aromatic carbocycles. The highest BCUT2D eigenvalue weighted by molar-refractivity contribution is 5.78. The maximum absolute atomic E-state index is 4.47. The highest BCUT2D eigenvalue weighted by atomic mass is 15.0. The van der Waals surface area contributed by atoms with Gasteiger partial charge in [0.15, 0.2) is 0 Å². The van der Waals surface area contributed by atoms with Crippen LogP contribution in [0.1, 0.15) is 11.4 Å². The molecule has 0 aliphatic heterocycles. The van der Waals surface area contributed by atoms with Crippen molar-refractivity contribution >= 4 is 16.7 Å². The predicted molar refractivity (Wildman–Crippen MR) is 106 cm³/mol. The molecule has 0 saturated heterocycles. The maximum atomic E-state index is 4.47. The lowest BCUT2D eigenvalue weighted by atomic mass is 10.1. The first-order chi connectivity index (χ1) is 13.3. The number of imidazole rings is 1. The van der Waals surface area contributed by atoms with Gasteiger partial charge < -0.3 is 4.57 Å². The smallest absolute Gasteiger partial charge is 0.140 e. The minimum Gasteiger partial charge on any atom is -0.322 e. The predicted octanol–water partition coefficient (Wildman–Crippen LogP) is 4.09. The van der Waals surface area contributed by atoms with E-state index in [1.807, 2.05) is 64.7 Å². The molecule has 0 fully saturated rings. The summed E-state index contributed by atoms with van der Waals surface area (Å²) in [5, 5.41) is 1.09. The number of hydrogen-bond donors (Lipinski definition) is 0. The standard InChI is InChI=1S/C23H15N4/c1-26-20(14-18-8-5-13-24-23(18)26)10-11-21-15-25-22-12-9-19(16-27(21)22)17-6-3-2-4-7-17/h3-9,12-16H,1H3. The van der Waals surface area contributed by atoms with Crippen LogP contribution in [0.15, 0.2) is 73.2 Å². The van der Waals surface area contributed by atoms with E-state index in [4.69, 9.17) is 0 Å². The van der Waals surface area contributed by atoms with Gasteiger partial charge in [-0.05, 0) is 59.4 Å². The SMILES string of the molecule is Cn1c(C#Cc2cnc3ccc(-c4cc[c]cc4)cn23)cc2cccnc21. The third-order valence-corrected chi connectivity index (χ3v) is 4.66. The molecule has 0 aliphatic carbocycles. The van der Waals surface area contributed by atoms with Crippen LogP contribution in [0.5, 0.6) is 0 Å². The lowest BCUT2D eigenvalue weighted by molar-refractivity contribution is 0.932. The van der Waals surface area contributed by atoms with Crippen LogP contribution < -0.4 is 0 Å². The Kier molecular flexibility index (Phi) is 3.51. The van der Waals surface area contributed by atoms with Gasteiger partial charge in [0.25, 0.3) is 0 Å². The summed E-state index contributed by atoms with van der Waals surface area (Å²) < 4.78 is 4.04. The van der Waals surface area contributed by atoms with Crippen LogP contribution in [0.25, 0.3) is 27.8 Å². The number of fused-ring (bicyclic) bond motifs is 2. The number of hydrogen-bond acceptors (Lipinski definition) is 2. The summed E-state index contributed by atoms with van der Waals surface area (Å²) in [6.07, 6.45) is 5.68. The zero-order valence-electron chi connectivity index (χ0n) is 14.7. The molecule has 0 amide bonds. The van der Waals surface area contributed by atoms with Crippen molar-refractivity contribution in [3.63, 3.8) is 0 Å². The molecule has 0 atom stereocenters. The lowest BCUT2D eigenvalue weighted by Gasteiger charge is -2.03. The number of rotatable bonds is 1. The van der Waals surface area contributed by atoms with Crippen LogP contribution in [0.2, 0.25) is 0 Å². The van der Waals surface area contributed by atoms with Crippen LogP contribution in [0, 0.1) is 17.9 Å². The molecule has 4 heterocycles. The minimum absolute atomic E-state index is 0.854. The number of aromatic nitrogens is 4. The van der Waals surface area contributed by atoms with E-state index < -0.39 is 0 Å². The average Bonchev–Trinajstić information content (AvgIpc) is 3.27. The first-order valence-electron chi connectivity index (χ1n) is 8.66. The molecular weight excluding hydrogens is 332 g/mol. The van der Waals surface area contributed by atoms with Crippen LogP contribution >= 0.6 is 0 Å². The molecule has 5 rings (SSSR count). The molecule has 4 aromatic heterocycles. The van der Waals surface area contributed by atoms with Crippen LogP contribution in [0.4, 0.5) is 0 Å². The van der Waals surface area contributed by atoms with E-state index in [-0.39, 0.29) is 0 Å². The van der Waals surface area contributed by atoms with Gasteiger partial charge in [-0.25, -0.2) is 9.97 Å². The fourth-order valence-electron chi connectivity index (χ4n) is 3.23. The molecule has 0 N–H and O–H groups in total. The van der Waals surface area contributed by atoms with Crippen molar-refractivity contribution in [3.8, 4) is 23.0 Å². The van der Waals surface area contributed by atoms with Gasteiger partial charge in [0.05, 0.1) is 11.9 Å². The quantitative estimate of drug-likeness (QED) is 0.428. The van der Waals surface area contributed by atoms with Gasteiger partial charge in [0, 0.05) is 24.8 Å². The summed E-state index contributed by atoms with van der Waals surface area (Å²) >= 11 is 0. The number of nitrogens with zero attached hydrogens (tertiary/aromatic N) is 4. The molecule has 0 spiro atoms. The first kappa shape index (κ1) is 15.4. The molecule has 127 valence electrons. The Balaban J connectivity index is 1.60. The number of benzene rings is 1. The van der Waals surface area contributed by atoms with Crippen molar-refractivity contribution in [2.24, 2.45) is 7.05 Å². The highest BCUT2D eigenvalue weighted by Gasteiger charge is 2.06. The second kappa shape index (κ2) is 6.15. The van der Waals surface area contributed by atoms with Crippen molar-refractivity contribution < 1.29 is 0 Å². The van der Waals surface area contributed by atoms with Crippen LogP contribution in [-0.4, -0.2) is 18.9 Å². The molecule has 4 nitrogen and oxygen atoms in total. The molecule has 0 unspecified atom stereocenters. The van der Waals surface area contributed by atoms with Crippen molar-refractivity contribution in [2.75, 3.05) is 0 Å².